The molecule has 0 atom stereocenters. The van der Waals surface area contributed by atoms with E-state index < -0.39 is 0 Å². The number of benzene rings is 1. The lowest BCUT2D eigenvalue weighted by atomic mass is 10.1. The Labute approximate surface area is 145 Å². The van der Waals surface area contributed by atoms with E-state index >= 15 is 0 Å². The molecule has 3 rings (SSSR count). The number of aryl methyl sites for hydroxylation is 1. The van der Waals surface area contributed by atoms with Crippen LogP contribution < -0.4 is 5.32 Å². The van der Waals surface area contributed by atoms with Crippen molar-refractivity contribution in [3.05, 3.63) is 76.2 Å². The SMILES string of the molecule is Cn1cc(CNCCc2ccc([N+](=O)[O-])cc2)c(-c2cccnc2)n1. The van der Waals surface area contributed by atoms with Gasteiger partial charge in [0.1, 0.15) is 0 Å². The van der Waals surface area contributed by atoms with Gasteiger partial charge >= 0.3 is 0 Å². The Bertz CT molecular complexity index is 844. The Morgan fingerprint density at radius 1 is 1.24 bits per heavy atom. The molecule has 0 unspecified atom stereocenters. The molecule has 0 aliphatic rings. The van der Waals surface area contributed by atoms with Crippen LogP contribution >= 0.6 is 0 Å². The van der Waals surface area contributed by atoms with E-state index in [0.717, 1.165) is 35.3 Å². The van der Waals surface area contributed by atoms with Crippen LogP contribution in [0.4, 0.5) is 5.69 Å². The average molecular weight is 337 g/mol. The molecule has 128 valence electrons. The fourth-order valence-electron chi connectivity index (χ4n) is 2.65. The van der Waals surface area contributed by atoms with Gasteiger partial charge in [0.15, 0.2) is 0 Å². The van der Waals surface area contributed by atoms with Gasteiger partial charge in [0.2, 0.25) is 0 Å². The zero-order chi connectivity index (χ0) is 17.6. The molecule has 2 heterocycles. The summed E-state index contributed by atoms with van der Waals surface area (Å²) in [4.78, 5) is 14.4. The monoisotopic (exact) mass is 337 g/mol. The zero-order valence-corrected chi connectivity index (χ0v) is 13.9. The Balaban J connectivity index is 1.57. The number of nitrogens with one attached hydrogen (secondary N) is 1. The molecule has 0 amide bonds. The molecule has 1 N–H and O–H groups in total. The topological polar surface area (TPSA) is 85.9 Å². The van der Waals surface area contributed by atoms with Gasteiger partial charge in [0.05, 0.1) is 10.6 Å². The van der Waals surface area contributed by atoms with E-state index in [1.165, 1.54) is 12.1 Å². The molecule has 0 aliphatic carbocycles. The fourth-order valence-corrected chi connectivity index (χ4v) is 2.65. The lowest BCUT2D eigenvalue weighted by Crippen LogP contribution is -2.16. The first kappa shape index (κ1) is 16.8. The maximum Gasteiger partial charge on any atom is 0.269 e. The maximum absolute atomic E-state index is 10.7. The number of hydrogen-bond donors (Lipinski definition) is 1. The van der Waals surface area contributed by atoms with Crippen molar-refractivity contribution in [3.63, 3.8) is 0 Å². The summed E-state index contributed by atoms with van der Waals surface area (Å²) in [6.07, 6.45) is 6.36. The van der Waals surface area contributed by atoms with Crippen molar-refractivity contribution >= 4 is 5.69 Å². The van der Waals surface area contributed by atoms with Crippen molar-refractivity contribution in [2.75, 3.05) is 6.54 Å². The molecule has 7 nitrogen and oxygen atoms in total. The third-order valence-corrected chi connectivity index (χ3v) is 3.89. The summed E-state index contributed by atoms with van der Waals surface area (Å²) < 4.78 is 1.80. The minimum Gasteiger partial charge on any atom is -0.312 e. The Morgan fingerprint density at radius 3 is 2.72 bits per heavy atom. The van der Waals surface area contributed by atoms with Gasteiger partial charge in [-0.1, -0.05) is 12.1 Å². The van der Waals surface area contributed by atoms with Crippen molar-refractivity contribution in [1.82, 2.24) is 20.1 Å². The van der Waals surface area contributed by atoms with E-state index in [1.54, 1.807) is 23.0 Å². The standard InChI is InChI=1S/C18H19N5O2/c1-22-13-16(18(21-22)15-3-2-9-19-11-15)12-20-10-8-14-4-6-17(7-5-14)23(24)25/h2-7,9,11,13,20H,8,10,12H2,1H3. The molecular formula is C18H19N5O2. The number of nitrogens with zero attached hydrogens (tertiary/aromatic N) is 4. The average Bonchev–Trinajstić information content (AvgIpc) is 3.00. The molecule has 3 aromatic rings. The molecule has 2 aromatic heterocycles. The maximum atomic E-state index is 10.7. The largest absolute Gasteiger partial charge is 0.312 e. The second kappa shape index (κ2) is 7.67. The molecule has 0 radical (unpaired) electrons. The van der Waals surface area contributed by atoms with E-state index in [9.17, 15) is 10.1 Å². The number of pyridine rings is 1. The number of rotatable bonds is 7. The normalized spacial score (nSPS) is 10.8. The molecule has 0 fully saturated rings. The van der Waals surface area contributed by atoms with Crippen molar-refractivity contribution in [3.8, 4) is 11.3 Å². The van der Waals surface area contributed by atoms with Crippen LogP contribution in [-0.2, 0) is 20.0 Å². The predicted molar refractivity (Wildman–Crippen MR) is 94.9 cm³/mol. The molecule has 0 aliphatic heterocycles. The Morgan fingerprint density at radius 2 is 2.04 bits per heavy atom. The van der Waals surface area contributed by atoms with Gasteiger partial charge in [-0.25, -0.2) is 0 Å². The third-order valence-electron chi connectivity index (χ3n) is 3.89. The fraction of sp³-hybridized carbons (Fsp3) is 0.222. The first-order valence-electron chi connectivity index (χ1n) is 8.00. The van der Waals surface area contributed by atoms with Crippen LogP contribution in [0.25, 0.3) is 11.3 Å². The van der Waals surface area contributed by atoms with Gasteiger partial charge in [0, 0.05) is 55.4 Å². The number of non-ortho nitro benzene ring substituents is 1. The number of nitro groups is 1. The van der Waals surface area contributed by atoms with Crippen LogP contribution in [0.3, 0.4) is 0 Å². The lowest BCUT2D eigenvalue weighted by molar-refractivity contribution is -0.384. The van der Waals surface area contributed by atoms with Crippen LogP contribution in [0.5, 0.6) is 0 Å². The number of aromatic nitrogens is 3. The van der Waals surface area contributed by atoms with E-state index in [0.29, 0.717) is 6.54 Å². The van der Waals surface area contributed by atoms with E-state index in [1.807, 2.05) is 31.6 Å². The third kappa shape index (κ3) is 4.27. The Kier molecular flexibility index (Phi) is 5.15. The van der Waals surface area contributed by atoms with Crippen molar-refractivity contribution in [2.24, 2.45) is 7.05 Å². The molecule has 1 aromatic carbocycles. The van der Waals surface area contributed by atoms with Gasteiger partial charge in [-0.3, -0.25) is 19.8 Å². The van der Waals surface area contributed by atoms with Crippen LogP contribution in [0.2, 0.25) is 0 Å². The Hall–Kier alpha value is -3.06. The van der Waals surface area contributed by atoms with Crippen molar-refractivity contribution < 1.29 is 4.92 Å². The summed E-state index contributed by atoms with van der Waals surface area (Å²) >= 11 is 0. The molecule has 0 saturated heterocycles. The van der Waals surface area contributed by atoms with Crippen LogP contribution in [0.15, 0.2) is 55.0 Å². The first-order chi connectivity index (χ1) is 12.1. The summed E-state index contributed by atoms with van der Waals surface area (Å²) in [5.41, 5.74) is 4.22. The summed E-state index contributed by atoms with van der Waals surface area (Å²) in [7, 11) is 1.90. The summed E-state index contributed by atoms with van der Waals surface area (Å²) in [6.45, 7) is 1.48. The summed E-state index contributed by atoms with van der Waals surface area (Å²) in [5, 5.41) is 18.6. The quantitative estimate of drug-likeness (QED) is 0.407. The predicted octanol–water partition coefficient (Wildman–Crippen LogP) is 2.72. The van der Waals surface area contributed by atoms with E-state index in [4.69, 9.17) is 0 Å². The highest BCUT2D eigenvalue weighted by atomic mass is 16.6. The second-order valence-corrected chi connectivity index (χ2v) is 5.77. The van der Waals surface area contributed by atoms with Crippen molar-refractivity contribution in [1.29, 1.82) is 0 Å². The second-order valence-electron chi connectivity index (χ2n) is 5.77. The van der Waals surface area contributed by atoms with Crippen LogP contribution in [0, 0.1) is 10.1 Å². The highest BCUT2D eigenvalue weighted by Crippen LogP contribution is 2.20. The van der Waals surface area contributed by atoms with Gasteiger partial charge in [0.25, 0.3) is 5.69 Å². The minimum atomic E-state index is -0.385. The minimum absolute atomic E-state index is 0.119. The molecule has 0 saturated carbocycles. The molecule has 7 heteroatoms. The van der Waals surface area contributed by atoms with Crippen LogP contribution in [-0.4, -0.2) is 26.2 Å². The van der Waals surface area contributed by atoms with Crippen molar-refractivity contribution in [2.45, 2.75) is 13.0 Å². The van der Waals surface area contributed by atoms with Crippen LogP contribution in [0.1, 0.15) is 11.1 Å². The lowest BCUT2D eigenvalue weighted by Gasteiger charge is -2.05. The number of nitro benzene ring substituents is 1. The van der Waals surface area contributed by atoms with Gasteiger partial charge in [-0.15, -0.1) is 0 Å². The van der Waals surface area contributed by atoms with Gasteiger partial charge in [-0.2, -0.15) is 5.10 Å². The van der Waals surface area contributed by atoms with Gasteiger partial charge in [-0.05, 0) is 30.7 Å². The molecule has 0 spiro atoms. The smallest absolute Gasteiger partial charge is 0.269 e. The number of hydrogen-bond acceptors (Lipinski definition) is 5. The highest BCUT2D eigenvalue weighted by molar-refractivity contribution is 5.61. The summed E-state index contributed by atoms with van der Waals surface area (Å²) in [6, 6.07) is 10.6. The van der Waals surface area contributed by atoms with E-state index in [2.05, 4.69) is 15.4 Å². The van der Waals surface area contributed by atoms with E-state index in [-0.39, 0.29) is 10.6 Å². The molecule has 0 bridgehead atoms. The van der Waals surface area contributed by atoms with Gasteiger partial charge < -0.3 is 5.32 Å². The first-order valence-corrected chi connectivity index (χ1v) is 8.00. The highest BCUT2D eigenvalue weighted by Gasteiger charge is 2.10. The zero-order valence-electron chi connectivity index (χ0n) is 13.9. The molecule has 25 heavy (non-hydrogen) atoms. The molecular weight excluding hydrogens is 318 g/mol. The summed E-state index contributed by atoms with van der Waals surface area (Å²) in [5.74, 6) is 0.